The maximum absolute atomic E-state index is 11.7. The zero-order valence-corrected chi connectivity index (χ0v) is 13.6. The van der Waals surface area contributed by atoms with Gasteiger partial charge in [0.25, 0.3) is 0 Å². The Morgan fingerprint density at radius 2 is 2.10 bits per heavy atom. The van der Waals surface area contributed by atoms with Crippen molar-refractivity contribution in [3.05, 3.63) is 28.8 Å². The van der Waals surface area contributed by atoms with Crippen molar-refractivity contribution in [1.82, 2.24) is 0 Å². The maximum Gasteiger partial charge on any atom is 0.150 e. The van der Waals surface area contributed by atoms with E-state index in [9.17, 15) is 8.42 Å². The number of sulfone groups is 1. The van der Waals surface area contributed by atoms with Crippen LogP contribution in [0.3, 0.4) is 0 Å². The Labute approximate surface area is 130 Å². The Kier molecular flexibility index (Phi) is 5.21. The third-order valence-corrected chi connectivity index (χ3v) is 5.95. The number of hydrogen-bond donors (Lipinski definition) is 0. The molecular formula is C14H18Cl2O3S. The van der Waals surface area contributed by atoms with Crippen molar-refractivity contribution in [1.29, 1.82) is 0 Å². The lowest BCUT2D eigenvalue weighted by atomic mass is 9.97. The fraction of sp³-hybridized carbons (Fsp3) is 0.571. The molecule has 0 amide bonds. The van der Waals surface area contributed by atoms with Crippen molar-refractivity contribution in [2.45, 2.75) is 42.9 Å². The van der Waals surface area contributed by atoms with Crippen LogP contribution in [0.1, 0.15) is 31.2 Å². The molecule has 0 aliphatic heterocycles. The van der Waals surface area contributed by atoms with Crippen molar-refractivity contribution in [2.75, 3.05) is 6.26 Å². The second-order valence-corrected chi connectivity index (χ2v) is 8.21. The lowest BCUT2D eigenvalue weighted by Gasteiger charge is -2.29. The zero-order chi connectivity index (χ0) is 14.8. The van der Waals surface area contributed by atoms with E-state index in [-0.39, 0.29) is 17.2 Å². The molecule has 0 N–H and O–H groups in total. The van der Waals surface area contributed by atoms with Gasteiger partial charge < -0.3 is 4.74 Å². The molecule has 1 fully saturated rings. The van der Waals surface area contributed by atoms with Crippen molar-refractivity contribution >= 4 is 33.0 Å². The van der Waals surface area contributed by atoms with E-state index in [1.165, 1.54) is 6.26 Å². The van der Waals surface area contributed by atoms with Gasteiger partial charge in [-0.2, -0.15) is 0 Å². The summed E-state index contributed by atoms with van der Waals surface area (Å²) in [5.74, 6) is 0.934. The first-order valence-electron chi connectivity index (χ1n) is 6.60. The fourth-order valence-electron chi connectivity index (χ4n) is 2.56. The van der Waals surface area contributed by atoms with Crippen LogP contribution in [0.5, 0.6) is 5.75 Å². The maximum atomic E-state index is 11.7. The monoisotopic (exact) mass is 336 g/mol. The highest BCUT2D eigenvalue weighted by Gasteiger charge is 2.30. The van der Waals surface area contributed by atoms with Gasteiger partial charge in [-0.25, -0.2) is 8.42 Å². The first-order chi connectivity index (χ1) is 9.41. The van der Waals surface area contributed by atoms with Crippen molar-refractivity contribution in [2.24, 2.45) is 0 Å². The first-order valence-corrected chi connectivity index (χ1v) is 9.47. The molecule has 2 atom stereocenters. The van der Waals surface area contributed by atoms with Crippen LogP contribution in [0.2, 0.25) is 5.02 Å². The van der Waals surface area contributed by atoms with Gasteiger partial charge in [-0.15, -0.1) is 11.6 Å². The summed E-state index contributed by atoms with van der Waals surface area (Å²) in [5.41, 5.74) is 0.761. The molecule has 1 aromatic carbocycles. The molecule has 112 valence electrons. The molecule has 1 aliphatic carbocycles. The summed E-state index contributed by atoms with van der Waals surface area (Å²) >= 11 is 12.0. The van der Waals surface area contributed by atoms with Gasteiger partial charge in [-0.05, 0) is 31.4 Å². The highest BCUT2D eigenvalue weighted by molar-refractivity contribution is 7.91. The Morgan fingerprint density at radius 1 is 1.35 bits per heavy atom. The smallest absolute Gasteiger partial charge is 0.150 e. The van der Waals surface area contributed by atoms with E-state index in [4.69, 9.17) is 27.9 Å². The Balaban J connectivity index is 2.12. The molecule has 20 heavy (non-hydrogen) atoms. The molecule has 2 unspecified atom stereocenters. The molecule has 0 spiro atoms. The summed E-state index contributed by atoms with van der Waals surface area (Å²) < 4.78 is 29.3. The van der Waals surface area contributed by atoms with Crippen LogP contribution in [-0.2, 0) is 15.7 Å². The van der Waals surface area contributed by atoms with Gasteiger partial charge in [0.05, 0.1) is 17.2 Å². The van der Waals surface area contributed by atoms with Gasteiger partial charge in [0.15, 0.2) is 0 Å². The second-order valence-electron chi connectivity index (χ2n) is 5.21. The summed E-state index contributed by atoms with van der Waals surface area (Å²) in [5, 5.41) is 0.271. The first kappa shape index (κ1) is 15.9. The lowest BCUT2D eigenvalue weighted by Crippen LogP contribution is -2.33. The van der Waals surface area contributed by atoms with E-state index < -0.39 is 9.84 Å². The molecule has 2 rings (SSSR count). The van der Waals surface area contributed by atoms with Crippen LogP contribution < -0.4 is 4.74 Å². The average Bonchev–Trinajstić information content (AvgIpc) is 2.38. The predicted octanol–water partition coefficient (Wildman–Crippen LogP) is 3.81. The van der Waals surface area contributed by atoms with E-state index in [1.807, 2.05) is 12.1 Å². The summed E-state index contributed by atoms with van der Waals surface area (Å²) in [6.07, 6.45) is 4.18. The molecule has 3 nitrogen and oxygen atoms in total. The number of halogens is 2. The van der Waals surface area contributed by atoms with E-state index in [2.05, 4.69) is 0 Å². The topological polar surface area (TPSA) is 43.4 Å². The minimum Gasteiger partial charge on any atom is -0.490 e. The Hall–Kier alpha value is -0.450. The van der Waals surface area contributed by atoms with Gasteiger partial charge in [0.1, 0.15) is 15.6 Å². The molecule has 1 aromatic rings. The van der Waals surface area contributed by atoms with Crippen molar-refractivity contribution < 1.29 is 13.2 Å². The molecule has 0 saturated heterocycles. The summed E-state index contributed by atoms with van der Waals surface area (Å²) in [4.78, 5) is 0. The van der Waals surface area contributed by atoms with Gasteiger partial charge in [-0.1, -0.05) is 17.7 Å². The number of benzene rings is 1. The highest BCUT2D eigenvalue weighted by Crippen LogP contribution is 2.32. The minimum atomic E-state index is -3.01. The SMILES string of the molecule is CS(=O)(=O)C1CCCC(Oc2cccc(Cl)c2CCl)C1. The standard InChI is InChI=1S/C14H18Cl2O3S/c1-20(17,18)11-5-2-4-10(8-11)19-14-7-3-6-13(16)12(14)9-15/h3,6-7,10-11H,2,4-5,8-9H2,1H3. The fourth-order valence-corrected chi connectivity index (χ4v) is 4.29. The molecule has 6 heteroatoms. The zero-order valence-electron chi connectivity index (χ0n) is 11.3. The number of alkyl halides is 1. The van der Waals surface area contributed by atoms with Crippen LogP contribution in [-0.4, -0.2) is 26.0 Å². The third kappa shape index (κ3) is 3.80. The Morgan fingerprint density at radius 3 is 2.75 bits per heavy atom. The lowest BCUT2D eigenvalue weighted by molar-refractivity contribution is 0.155. The second kappa shape index (κ2) is 6.54. The number of ether oxygens (including phenoxy) is 1. The largest absolute Gasteiger partial charge is 0.490 e. The van der Waals surface area contributed by atoms with Crippen LogP contribution in [0.25, 0.3) is 0 Å². The van der Waals surface area contributed by atoms with Crippen molar-refractivity contribution in [3.8, 4) is 5.75 Å². The van der Waals surface area contributed by atoms with Crippen LogP contribution >= 0.6 is 23.2 Å². The summed E-state index contributed by atoms with van der Waals surface area (Å²) in [6, 6.07) is 5.41. The minimum absolute atomic E-state index is 0.0936. The molecule has 0 heterocycles. The Bertz CT molecular complexity index is 572. The third-order valence-electron chi connectivity index (χ3n) is 3.69. The molecule has 0 aromatic heterocycles. The van der Waals surface area contributed by atoms with E-state index in [1.54, 1.807) is 6.07 Å². The van der Waals surface area contributed by atoms with Crippen LogP contribution in [0, 0.1) is 0 Å². The predicted molar refractivity (Wildman–Crippen MR) is 82.5 cm³/mol. The van der Waals surface area contributed by atoms with E-state index in [0.29, 0.717) is 17.2 Å². The van der Waals surface area contributed by atoms with Gasteiger partial charge >= 0.3 is 0 Å². The highest BCUT2D eigenvalue weighted by atomic mass is 35.5. The molecule has 0 radical (unpaired) electrons. The molecule has 1 aliphatic rings. The van der Waals surface area contributed by atoms with E-state index in [0.717, 1.165) is 24.8 Å². The van der Waals surface area contributed by atoms with Crippen molar-refractivity contribution in [3.63, 3.8) is 0 Å². The summed E-state index contributed by atoms with van der Waals surface area (Å²) in [7, 11) is -3.01. The van der Waals surface area contributed by atoms with E-state index >= 15 is 0 Å². The molecular weight excluding hydrogens is 319 g/mol. The molecule has 0 bridgehead atoms. The van der Waals surface area contributed by atoms with Gasteiger partial charge in [0, 0.05) is 23.3 Å². The number of hydrogen-bond acceptors (Lipinski definition) is 3. The quantitative estimate of drug-likeness (QED) is 0.785. The van der Waals surface area contributed by atoms with Gasteiger partial charge in [-0.3, -0.25) is 0 Å². The summed E-state index contributed by atoms with van der Waals surface area (Å²) in [6.45, 7) is 0. The number of rotatable bonds is 4. The normalized spacial score (nSPS) is 23.6. The average molecular weight is 337 g/mol. The molecule has 1 saturated carbocycles. The van der Waals surface area contributed by atoms with Crippen LogP contribution in [0.4, 0.5) is 0 Å². The van der Waals surface area contributed by atoms with Crippen LogP contribution in [0.15, 0.2) is 18.2 Å². The van der Waals surface area contributed by atoms with Gasteiger partial charge in [0.2, 0.25) is 0 Å².